The van der Waals surface area contributed by atoms with Crippen molar-refractivity contribution >= 4 is 5.97 Å². The number of hydroxylamine groups is 2. The molecule has 0 saturated carbocycles. The van der Waals surface area contributed by atoms with Gasteiger partial charge in [-0.3, -0.25) is 4.79 Å². The second-order valence-corrected chi connectivity index (χ2v) is 4.82. The smallest absolute Gasteiger partial charge is 0.303 e. The number of aliphatic carboxylic acids is 1. The molecule has 0 atom stereocenters. The fourth-order valence-corrected chi connectivity index (χ4v) is 1.59. The first kappa shape index (κ1) is 19.7. The Hall–Kier alpha value is -0.610. The summed E-state index contributed by atoms with van der Waals surface area (Å²) in [6.45, 7) is 2.23. The molecule has 0 amide bonds. The molecule has 0 radical (unpaired) electrons. The number of hydrogen-bond acceptors (Lipinski definition) is 3. The first-order valence-electron chi connectivity index (χ1n) is 7.08. The SMILES string of the molecule is CCCCCCCCCCCC(=O)O.CN(C)O. The Balaban J connectivity index is 0. The monoisotopic (exact) mass is 261 g/mol. The summed E-state index contributed by atoms with van der Waals surface area (Å²) < 4.78 is 0. The highest BCUT2D eigenvalue weighted by Gasteiger charge is 1.96. The molecule has 0 aliphatic carbocycles. The first-order valence-corrected chi connectivity index (χ1v) is 7.08. The van der Waals surface area contributed by atoms with Crippen LogP contribution in [0.15, 0.2) is 0 Å². The Morgan fingerprint density at radius 3 is 1.56 bits per heavy atom. The quantitative estimate of drug-likeness (QED) is 0.462. The number of nitrogens with zero attached hydrogens (tertiary/aromatic N) is 1. The van der Waals surface area contributed by atoms with Crippen LogP contribution in [-0.2, 0) is 4.79 Å². The molecular formula is C14H31NO3. The second-order valence-electron chi connectivity index (χ2n) is 4.82. The van der Waals surface area contributed by atoms with Crippen molar-refractivity contribution in [1.82, 2.24) is 5.06 Å². The fraction of sp³-hybridized carbons (Fsp3) is 0.929. The summed E-state index contributed by atoms with van der Waals surface area (Å²) in [6.07, 6.45) is 11.5. The number of carboxylic acids is 1. The molecule has 18 heavy (non-hydrogen) atoms. The van der Waals surface area contributed by atoms with Gasteiger partial charge in [-0.1, -0.05) is 58.3 Å². The highest BCUT2D eigenvalue weighted by atomic mass is 16.5. The minimum absolute atomic E-state index is 0.343. The Kier molecular flexibility index (Phi) is 18.0. The van der Waals surface area contributed by atoms with E-state index in [0.29, 0.717) is 6.42 Å². The van der Waals surface area contributed by atoms with Gasteiger partial charge in [0.15, 0.2) is 0 Å². The van der Waals surface area contributed by atoms with E-state index in [9.17, 15) is 4.79 Å². The zero-order chi connectivity index (χ0) is 14.2. The number of hydrogen-bond donors (Lipinski definition) is 2. The van der Waals surface area contributed by atoms with Crippen LogP contribution in [0.3, 0.4) is 0 Å². The number of carbonyl (C=O) groups is 1. The van der Waals surface area contributed by atoms with Crippen LogP contribution in [0.1, 0.15) is 71.1 Å². The van der Waals surface area contributed by atoms with Crippen LogP contribution < -0.4 is 0 Å². The van der Waals surface area contributed by atoms with Gasteiger partial charge in [-0.2, -0.15) is 5.06 Å². The van der Waals surface area contributed by atoms with Crippen LogP contribution in [0.25, 0.3) is 0 Å². The third kappa shape index (κ3) is 29.5. The first-order chi connectivity index (χ1) is 8.50. The molecule has 0 spiro atoms. The Bertz CT molecular complexity index is 170. The lowest BCUT2D eigenvalue weighted by Crippen LogP contribution is -2.01. The molecule has 0 fully saturated rings. The molecule has 0 heterocycles. The van der Waals surface area contributed by atoms with Crippen molar-refractivity contribution in [3.8, 4) is 0 Å². The third-order valence-corrected chi connectivity index (χ3v) is 2.49. The van der Waals surface area contributed by atoms with E-state index in [0.717, 1.165) is 17.9 Å². The van der Waals surface area contributed by atoms with E-state index in [2.05, 4.69) is 6.92 Å². The van der Waals surface area contributed by atoms with Gasteiger partial charge in [0, 0.05) is 20.5 Å². The van der Waals surface area contributed by atoms with E-state index in [-0.39, 0.29) is 0 Å². The molecule has 110 valence electrons. The molecular weight excluding hydrogens is 230 g/mol. The van der Waals surface area contributed by atoms with Crippen molar-refractivity contribution in [2.45, 2.75) is 71.1 Å². The van der Waals surface area contributed by atoms with Crippen molar-refractivity contribution in [3.05, 3.63) is 0 Å². The lowest BCUT2D eigenvalue weighted by atomic mass is 10.1. The van der Waals surface area contributed by atoms with E-state index >= 15 is 0 Å². The lowest BCUT2D eigenvalue weighted by Gasteiger charge is -2.00. The van der Waals surface area contributed by atoms with Gasteiger partial charge < -0.3 is 10.3 Å². The molecule has 0 aliphatic heterocycles. The molecule has 2 N–H and O–H groups in total. The molecule has 0 aromatic carbocycles. The van der Waals surface area contributed by atoms with Crippen molar-refractivity contribution < 1.29 is 15.1 Å². The molecule has 0 aromatic heterocycles. The molecule has 4 heteroatoms. The zero-order valence-electron chi connectivity index (χ0n) is 12.3. The molecule has 0 aliphatic rings. The second kappa shape index (κ2) is 16.4. The maximum absolute atomic E-state index is 10.2. The average Bonchev–Trinajstić information content (AvgIpc) is 2.26. The van der Waals surface area contributed by atoms with Crippen LogP contribution in [0.5, 0.6) is 0 Å². The topological polar surface area (TPSA) is 60.8 Å². The minimum atomic E-state index is -0.659. The Morgan fingerprint density at radius 1 is 0.889 bits per heavy atom. The van der Waals surface area contributed by atoms with Crippen molar-refractivity contribution in [2.24, 2.45) is 0 Å². The molecule has 0 aromatic rings. The van der Waals surface area contributed by atoms with Crippen LogP contribution in [0, 0.1) is 0 Å². The molecule has 0 rings (SSSR count). The van der Waals surface area contributed by atoms with Gasteiger partial charge in [0.1, 0.15) is 0 Å². The summed E-state index contributed by atoms with van der Waals surface area (Å²) in [7, 11) is 3.11. The summed E-state index contributed by atoms with van der Waals surface area (Å²) in [5, 5.41) is 17.3. The zero-order valence-corrected chi connectivity index (χ0v) is 12.3. The van der Waals surface area contributed by atoms with Gasteiger partial charge in [-0.15, -0.1) is 0 Å². The van der Waals surface area contributed by atoms with Crippen LogP contribution in [0.4, 0.5) is 0 Å². The highest BCUT2D eigenvalue weighted by molar-refractivity contribution is 5.66. The van der Waals surface area contributed by atoms with E-state index in [1.165, 1.54) is 44.9 Å². The van der Waals surface area contributed by atoms with Gasteiger partial charge in [0.2, 0.25) is 0 Å². The van der Waals surface area contributed by atoms with Crippen LogP contribution in [0.2, 0.25) is 0 Å². The maximum atomic E-state index is 10.2. The van der Waals surface area contributed by atoms with Gasteiger partial charge in [-0.05, 0) is 6.42 Å². The van der Waals surface area contributed by atoms with Gasteiger partial charge >= 0.3 is 5.97 Å². The van der Waals surface area contributed by atoms with E-state index in [1.807, 2.05) is 0 Å². The molecule has 0 unspecified atom stereocenters. The summed E-state index contributed by atoms with van der Waals surface area (Å²) in [4.78, 5) is 10.2. The number of carboxylic acid groups (broad SMARTS) is 1. The Labute approximate surface area is 112 Å². The standard InChI is InChI=1S/C12H24O2.C2H7NO/c1-2-3-4-5-6-7-8-9-10-11-12(13)14;1-3(2)4/h2-11H2,1H3,(H,13,14);4H,1-2H3. The lowest BCUT2D eigenvalue weighted by molar-refractivity contribution is -0.137. The van der Waals surface area contributed by atoms with Crippen molar-refractivity contribution in [2.75, 3.05) is 14.1 Å². The number of unbranched alkanes of at least 4 members (excludes halogenated alkanes) is 8. The van der Waals surface area contributed by atoms with E-state index < -0.39 is 5.97 Å². The summed E-state index contributed by atoms with van der Waals surface area (Å²) in [5.41, 5.74) is 0. The van der Waals surface area contributed by atoms with Gasteiger partial charge in [-0.25, -0.2) is 0 Å². The summed E-state index contributed by atoms with van der Waals surface area (Å²) in [5.74, 6) is -0.659. The largest absolute Gasteiger partial charge is 0.481 e. The molecule has 4 nitrogen and oxygen atoms in total. The Morgan fingerprint density at radius 2 is 1.22 bits per heavy atom. The van der Waals surface area contributed by atoms with E-state index in [1.54, 1.807) is 14.1 Å². The molecule has 0 saturated heterocycles. The summed E-state index contributed by atoms with van der Waals surface area (Å²) in [6, 6.07) is 0. The predicted molar refractivity (Wildman–Crippen MR) is 75.0 cm³/mol. The van der Waals surface area contributed by atoms with E-state index in [4.69, 9.17) is 10.3 Å². The highest BCUT2D eigenvalue weighted by Crippen LogP contribution is 2.10. The van der Waals surface area contributed by atoms with Crippen molar-refractivity contribution in [3.63, 3.8) is 0 Å². The maximum Gasteiger partial charge on any atom is 0.303 e. The van der Waals surface area contributed by atoms with Crippen molar-refractivity contribution in [1.29, 1.82) is 0 Å². The fourth-order valence-electron chi connectivity index (χ4n) is 1.59. The normalized spacial score (nSPS) is 10.1. The summed E-state index contributed by atoms with van der Waals surface area (Å²) >= 11 is 0. The number of rotatable bonds is 10. The van der Waals surface area contributed by atoms with Gasteiger partial charge in [0.25, 0.3) is 0 Å². The molecule has 0 bridgehead atoms. The third-order valence-electron chi connectivity index (χ3n) is 2.49. The average molecular weight is 261 g/mol. The van der Waals surface area contributed by atoms with Crippen LogP contribution >= 0.6 is 0 Å². The van der Waals surface area contributed by atoms with Gasteiger partial charge in [0.05, 0.1) is 0 Å². The minimum Gasteiger partial charge on any atom is -0.481 e. The predicted octanol–water partition coefficient (Wildman–Crippen LogP) is 3.93. The van der Waals surface area contributed by atoms with Crippen LogP contribution in [-0.4, -0.2) is 35.4 Å².